The normalized spacial score (nSPS) is 20.2. The van der Waals surface area contributed by atoms with E-state index in [-0.39, 0.29) is 12.0 Å². The number of ether oxygens (including phenoxy) is 2. The van der Waals surface area contributed by atoms with Crippen molar-refractivity contribution in [3.63, 3.8) is 0 Å². The lowest BCUT2D eigenvalue weighted by atomic mass is 9.79. The molecule has 2 aromatic carbocycles. The van der Waals surface area contributed by atoms with E-state index in [0.717, 1.165) is 51.6 Å². The molecule has 0 aromatic heterocycles. The molecular weight excluding hydrogens is 390 g/mol. The SMILES string of the molecule is CN1CCC(OC(=O)C(OC(=O)c2ccccc2)(c2ccccc2)C2CCCC2)CC1. The lowest BCUT2D eigenvalue weighted by molar-refractivity contribution is -0.182. The molecule has 2 aliphatic rings. The van der Waals surface area contributed by atoms with Gasteiger partial charge in [0.05, 0.1) is 5.56 Å². The van der Waals surface area contributed by atoms with Crippen molar-refractivity contribution in [3.8, 4) is 0 Å². The first kappa shape index (κ1) is 21.6. The highest BCUT2D eigenvalue weighted by Gasteiger charge is 2.53. The average molecular weight is 422 g/mol. The summed E-state index contributed by atoms with van der Waals surface area (Å²) in [6.45, 7) is 1.78. The molecule has 0 radical (unpaired) electrons. The van der Waals surface area contributed by atoms with Gasteiger partial charge in [-0.15, -0.1) is 0 Å². The Morgan fingerprint density at radius 3 is 2.06 bits per heavy atom. The number of hydrogen-bond donors (Lipinski definition) is 0. The molecule has 5 heteroatoms. The third-order valence-corrected chi connectivity index (χ3v) is 6.64. The van der Waals surface area contributed by atoms with E-state index in [4.69, 9.17) is 9.47 Å². The van der Waals surface area contributed by atoms with Gasteiger partial charge in [0.1, 0.15) is 6.10 Å². The molecule has 2 aromatic rings. The summed E-state index contributed by atoms with van der Waals surface area (Å²) >= 11 is 0. The van der Waals surface area contributed by atoms with E-state index in [1.54, 1.807) is 24.3 Å². The summed E-state index contributed by atoms with van der Waals surface area (Å²) in [5.74, 6) is -1.01. The molecule has 1 heterocycles. The predicted molar refractivity (Wildman–Crippen MR) is 119 cm³/mol. The van der Waals surface area contributed by atoms with E-state index in [1.165, 1.54) is 0 Å². The molecule has 1 saturated heterocycles. The third kappa shape index (κ3) is 4.67. The molecule has 2 fully saturated rings. The fourth-order valence-electron chi connectivity index (χ4n) is 4.84. The molecular formula is C26H31NO4. The topological polar surface area (TPSA) is 55.8 Å². The maximum Gasteiger partial charge on any atom is 0.355 e. The number of nitrogens with zero attached hydrogens (tertiary/aromatic N) is 1. The number of carbonyl (C=O) groups excluding carboxylic acids is 2. The predicted octanol–water partition coefficient (Wildman–Crippen LogP) is 4.57. The standard InChI is InChI=1S/C26H31NO4/c1-27-18-16-23(17-19-27)30-25(29)26(22-14-8-9-15-22,21-12-6-3-7-13-21)31-24(28)20-10-4-2-5-11-20/h2-7,10-13,22-23H,8-9,14-19H2,1H3. The Morgan fingerprint density at radius 2 is 1.45 bits per heavy atom. The van der Waals surface area contributed by atoms with Gasteiger partial charge in [0.25, 0.3) is 0 Å². The Morgan fingerprint density at radius 1 is 0.871 bits per heavy atom. The van der Waals surface area contributed by atoms with E-state index in [2.05, 4.69) is 11.9 Å². The van der Waals surface area contributed by atoms with Crippen LogP contribution in [-0.2, 0) is 19.9 Å². The van der Waals surface area contributed by atoms with Crippen molar-refractivity contribution >= 4 is 11.9 Å². The molecule has 0 N–H and O–H groups in total. The first-order chi connectivity index (χ1) is 15.1. The van der Waals surface area contributed by atoms with Crippen LogP contribution in [0, 0.1) is 5.92 Å². The molecule has 0 amide bonds. The maximum atomic E-state index is 13.9. The number of hydrogen-bond acceptors (Lipinski definition) is 5. The van der Waals surface area contributed by atoms with E-state index in [9.17, 15) is 9.59 Å². The molecule has 1 aliphatic heterocycles. The number of carbonyl (C=O) groups is 2. The summed E-state index contributed by atoms with van der Waals surface area (Å²) in [7, 11) is 2.08. The first-order valence-electron chi connectivity index (χ1n) is 11.3. The van der Waals surface area contributed by atoms with Gasteiger partial charge in [-0.25, -0.2) is 9.59 Å². The Labute approximate surface area is 184 Å². The molecule has 1 unspecified atom stereocenters. The minimum absolute atomic E-state index is 0.0960. The van der Waals surface area contributed by atoms with Crippen LogP contribution in [0.15, 0.2) is 60.7 Å². The minimum Gasteiger partial charge on any atom is -0.459 e. The fourth-order valence-corrected chi connectivity index (χ4v) is 4.84. The van der Waals surface area contributed by atoms with Crippen LogP contribution in [0.5, 0.6) is 0 Å². The molecule has 1 saturated carbocycles. The van der Waals surface area contributed by atoms with Crippen LogP contribution in [0.3, 0.4) is 0 Å². The van der Waals surface area contributed by atoms with E-state index >= 15 is 0 Å². The van der Waals surface area contributed by atoms with Crippen molar-refractivity contribution in [3.05, 3.63) is 71.8 Å². The second kappa shape index (κ2) is 9.65. The number of rotatable bonds is 6. The molecule has 1 aliphatic carbocycles. The Hall–Kier alpha value is -2.66. The van der Waals surface area contributed by atoms with Crippen LogP contribution in [0.25, 0.3) is 0 Å². The summed E-state index contributed by atoms with van der Waals surface area (Å²) in [6, 6.07) is 18.3. The van der Waals surface area contributed by atoms with Gasteiger partial charge in [-0.05, 0) is 44.9 Å². The van der Waals surface area contributed by atoms with E-state index < -0.39 is 17.5 Å². The van der Waals surface area contributed by atoms with Crippen LogP contribution >= 0.6 is 0 Å². The third-order valence-electron chi connectivity index (χ3n) is 6.64. The second-order valence-corrected chi connectivity index (χ2v) is 8.75. The van der Waals surface area contributed by atoms with Crippen LogP contribution in [-0.4, -0.2) is 43.1 Å². The highest BCUT2D eigenvalue weighted by molar-refractivity contribution is 5.93. The van der Waals surface area contributed by atoms with Crippen LogP contribution < -0.4 is 0 Å². The number of likely N-dealkylation sites (tertiary alicyclic amines) is 1. The molecule has 31 heavy (non-hydrogen) atoms. The Kier molecular flexibility index (Phi) is 6.71. The lowest BCUT2D eigenvalue weighted by Gasteiger charge is -2.38. The van der Waals surface area contributed by atoms with Crippen LogP contribution in [0.2, 0.25) is 0 Å². The van der Waals surface area contributed by atoms with Gasteiger partial charge < -0.3 is 14.4 Å². The van der Waals surface area contributed by atoms with Crippen molar-refractivity contribution in [2.24, 2.45) is 5.92 Å². The maximum absolute atomic E-state index is 13.9. The number of esters is 2. The highest BCUT2D eigenvalue weighted by Crippen LogP contribution is 2.45. The zero-order valence-corrected chi connectivity index (χ0v) is 18.2. The van der Waals surface area contributed by atoms with E-state index in [0.29, 0.717) is 11.1 Å². The zero-order chi connectivity index (χ0) is 21.7. The van der Waals surface area contributed by atoms with Crippen LogP contribution in [0.1, 0.15) is 54.4 Å². The van der Waals surface area contributed by atoms with Crippen molar-refractivity contribution < 1.29 is 19.1 Å². The van der Waals surface area contributed by atoms with Gasteiger partial charge in [-0.2, -0.15) is 0 Å². The van der Waals surface area contributed by atoms with Gasteiger partial charge >= 0.3 is 11.9 Å². The van der Waals surface area contributed by atoms with Crippen LogP contribution in [0.4, 0.5) is 0 Å². The number of benzene rings is 2. The molecule has 5 nitrogen and oxygen atoms in total. The van der Waals surface area contributed by atoms with Crippen molar-refractivity contribution in [2.45, 2.75) is 50.2 Å². The second-order valence-electron chi connectivity index (χ2n) is 8.75. The quantitative estimate of drug-likeness (QED) is 0.640. The first-order valence-corrected chi connectivity index (χ1v) is 11.3. The zero-order valence-electron chi connectivity index (χ0n) is 18.2. The Bertz CT molecular complexity index is 871. The summed E-state index contributed by atoms with van der Waals surface area (Å²) in [5.41, 5.74) is -0.286. The molecule has 164 valence electrons. The lowest BCUT2D eigenvalue weighted by Crippen LogP contribution is -2.49. The van der Waals surface area contributed by atoms with E-state index in [1.807, 2.05) is 36.4 Å². The van der Waals surface area contributed by atoms with Crippen molar-refractivity contribution in [1.82, 2.24) is 4.90 Å². The van der Waals surface area contributed by atoms with Crippen molar-refractivity contribution in [2.75, 3.05) is 20.1 Å². The van der Waals surface area contributed by atoms with Crippen molar-refractivity contribution in [1.29, 1.82) is 0 Å². The fraction of sp³-hybridized carbons (Fsp3) is 0.462. The molecule has 1 atom stereocenters. The van der Waals surface area contributed by atoms with Gasteiger partial charge in [0, 0.05) is 24.6 Å². The molecule has 0 spiro atoms. The minimum atomic E-state index is -1.42. The summed E-state index contributed by atoms with van der Waals surface area (Å²) < 4.78 is 12.3. The smallest absolute Gasteiger partial charge is 0.355 e. The average Bonchev–Trinajstić information content (AvgIpc) is 3.35. The summed E-state index contributed by atoms with van der Waals surface area (Å²) in [4.78, 5) is 29.3. The largest absolute Gasteiger partial charge is 0.459 e. The number of piperidine rings is 1. The van der Waals surface area contributed by atoms with Gasteiger partial charge in [0.15, 0.2) is 0 Å². The monoisotopic (exact) mass is 421 g/mol. The van der Waals surface area contributed by atoms with Gasteiger partial charge in [-0.3, -0.25) is 0 Å². The van der Waals surface area contributed by atoms with Gasteiger partial charge in [-0.1, -0.05) is 61.4 Å². The summed E-state index contributed by atoms with van der Waals surface area (Å²) in [5, 5.41) is 0. The summed E-state index contributed by atoms with van der Waals surface area (Å²) in [6.07, 6.45) is 5.14. The Balaban J connectivity index is 1.70. The molecule has 4 rings (SSSR count). The van der Waals surface area contributed by atoms with Gasteiger partial charge in [0.2, 0.25) is 5.60 Å². The molecule has 0 bridgehead atoms. The highest BCUT2D eigenvalue weighted by atomic mass is 16.6.